The zero-order chi connectivity index (χ0) is 14.1. The number of nitrogens with zero attached hydrogens (tertiary/aromatic N) is 1. The number of nitrogens with one attached hydrogen (secondary N) is 1. The molecule has 20 heavy (non-hydrogen) atoms. The van der Waals surface area contributed by atoms with E-state index in [0.29, 0.717) is 11.3 Å². The van der Waals surface area contributed by atoms with E-state index in [9.17, 15) is 4.79 Å². The summed E-state index contributed by atoms with van der Waals surface area (Å²) in [5, 5.41) is 2.85. The second-order valence-electron chi connectivity index (χ2n) is 4.22. The van der Waals surface area contributed by atoms with Crippen LogP contribution >= 0.6 is 27.3 Å². The number of thiazole rings is 1. The summed E-state index contributed by atoms with van der Waals surface area (Å²) in [6.45, 7) is 0. The molecule has 4 nitrogen and oxygen atoms in total. The monoisotopic (exact) mass is 347 g/mol. The van der Waals surface area contributed by atoms with E-state index in [4.69, 9.17) is 5.73 Å². The van der Waals surface area contributed by atoms with Crippen LogP contribution in [0.4, 0.5) is 11.4 Å². The van der Waals surface area contributed by atoms with Crippen LogP contribution in [0.15, 0.2) is 46.4 Å². The maximum atomic E-state index is 12.2. The van der Waals surface area contributed by atoms with Crippen LogP contribution in [0.25, 0.3) is 10.2 Å². The molecule has 0 aliphatic rings. The molecular formula is C14H10BrN3OS. The molecule has 1 amide bonds. The number of hydrogen-bond acceptors (Lipinski definition) is 4. The van der Waals surface area contributed by atoms with Crippen LogP contribution in [0.3, 0.4) is 0 Å². The van der Waals surface area contributed by atoms with Gasteiger partial charge < -0.3 is 11.1 Å². The molecule has 0 fully saturated rings. The summed E-state index contributed by atoms with van der Waals surface area (Å²) < 4.78 is 1.85. The summed E-state index contributed by atoms with van der Waals surface area (Å²) in [5.41, 5.74) is 10.2. The van der Waals surface area contributed by atoms with Crippen LogP contribution < -0.4 is 11.1 Å². The number of carbonyl (C=O) groups excluding carboxylic acids is 1. The quantitative estimate of drug-likeness (QED) is 0.691. The molecule has 0 aliphatic carbocycles. The van der Waals surface area contributed by atoms with Crippen LogP contribution in [-0.2, 0) is 0 Å². The van der Waals surface area contributed by atoms with Crippen molar-refractivity contribution < 1.29 is 4.79 Å². The number of aromatic nitrogens is 1. The lowest BCUT2D eigenvalue weighted by atomic mass is 10.1. The number of nitrogens with two attached hydrogens (primary N) is 1. The van der Waals surface area contributed by atoms with Crippen molar-refractivity contribution in [1.29, 1.82) is 0 Å². The maximum Gasteiger partial charge on any atom is 0.257 e. The van der Waals surface area contributed by atoms with Gasteiger partial charge in [-0.1, -0.05) is 15.9 Å². The Bertz CT molecular complexity index is 800. The molecule has 0 atom stereocenters. The number of benzene rings is 2. The van der Waals surface area contributed by atoms with E-state index in [2.05, 4.69) is 26.2 Å². The molecule has 1 heterocycles. The summed E-state index contributed by atoms with van der Waals surface area (Å²) in [6.07, 6.45) is 0. The number of amides is 1. The summed E-state index contributed by atoms with van der Waals surface area (Å²) in [6, 6.07) is 10.8. The van der Waals surface area contributed by atoms with Crippen molar-refractivity contribution in [3.63, 3.8) is 0 Å². The number of hydrogen-bond donors (Lipinski definition) is 2. The molecule has 6 heteroatoms. The normalized spacial score (nSPS) is 10.7. The lowest BCUT2D eigenvalue weighted by Crippen LogP contribution is -2.13. The van der Waals surface area contributed by atoms with Gasteiger partial charge in [0.2, 0.25) is 0 Å². The third-order valence-corrected chi connectivity index (χ3v) is 4.13. The van der Waals surface area contributed by atoms with Crippen LogP contribution in [0, 0.1) is 0 Å². The fourth-order valence-electron chi connectivity index (χ4n) is 1.86. The number of anilines is 2. The highest BCUT2D eigenvalue weighted by molar-refractivity contribution is 9.10. The first-order valence-electron chi connectivity index (χ1n) is 5.83. The summed E-state index contributed by atoms with van der Waals surface area (Å²) in [4.78, 5) is 16.4. The van der Waals surface area contributed by atoms with Gasteiger partial charge in [-0.2, -0.15) is 0 Å². The molecule has 0 unspecified atom stereocenters. The summed E-state index contributed by atoms with van der Waals surface area (Å²) in [7, 11) is 0. The predicted octanol–water partition coefficient (Wildman–Crippen LogP) is 3.89. The molecule has 3 aromatic rings. The van der Waals surface area contributed by atoms with Crippen LogP contribution in [0.1, 0.15) is 10.4 Å². The molecule has 0 aliphatic heterocycles. The second kappa shape index (κ2) is 5.22. The molecular weight excluding hydrogens is 338 g/mol. The minimum atomic E-state index is -0.229. The van der Waals surface area contributed by atoms with E-state index in [-0.39, 0.29) is 5.91 Å². The average molecular weight is 348 g/mol. The van der Waals surface area contributed by atoms with Crippen molar-refractivity contribution in [2.75, 3.05) is 11.1 Å². The smallest absolute Gasteiger partial charge is 0.257 e. The molecule has 100 valence electrons. The molecule has 3 N–H and O–H groups in total. The van der Waals surface area contributed by atoms with Gasteiger partial charge in [-0.3, -0.25) is 4.79 Å². The third kappa shape index (κ3) is 2.52. The van der Waals surface area contributed by atoms with Gasteiger partial charge in [0, 0.05) is 15.8 Å². The van der Waals surface area contributed by atoms with E-state index in [1.807, 2.05) is 18.2 Å². The number of fused-ring (bicyclic) bond motifs is 1. The van der Waals surface area contributed by atoms with E-state index in [0.717, 1.165) is 20.4 Å². The van der Waals surface area contributed by atoms with Gasteiger partial charge in [0.15, 0.2) is 0 Å². The van der Waals surface area contributed by atoms with Crippen molar-refractivity contribution in [3.8, 4) is 0 Å². The minimum absolute atomic E-state index is 0.229. The standard InChI is InChI=1S/C14H10BrN3OS/c15-8-1-3-11(16)10(5-8)14(19)18-9-2-4-12-13(6-9)20-7-17-12/h1-7H,16H2,(H,18,19). The average Bonchev–Trinajstić information content (AvgIpc) is 2.89. The number of halogens is 1. The zero-order valence-corrected chi connectivity index (χ0v) is 12.7. The van der Waals surface area contributed by atoms with Crippen LogP contribution in [0.2, 0.25) is 0 Å². The lowest BCUT2D eigenvalue weighted by Gasteiger charge is -2.08. The van der Waals surface area contributed by atoms with E-state index >= 15 is 0 Å². The minimum Gasteiger partial charge on any atom is -0.398 e. The first kappa shape index (κ1) is 13.1. The van der Waals surface area contributed by atoms with Gasteiger partial charge in [0.25, 0.3) is 5.91 Å². The highest BCUT2D eigenvalue weighted by Gasteiger charge is 2.11. The second-order valence-corrected chi connectivity index (χ2v) is 6.02. The first-order chi connectivity index (χ1) is 9.63. The fraction of sp³-hybridized carbons (Fsp3) is 0. The topological polar surface area (TPSA) is 68.0 Å². The van der Waals surface area contributed by atoms with Crippen molar-refractivity contribution in [2.24, 2.45) is 0 Å². The Kier molecular flexibility index (Phi) is 3.42. The molecule has 0 radical (unpaired) electrons. The molecule has 3 rings (SSSR count). The maximum absolute atomic E-state index is 12.2. The van der Waals surface area contributed by atoms with Gasteiger partial charge in [0.1, 0.15) is 0 Å². The molecule has 0 saturated heterocycles. The van der Waals surface area contributed by atoms with Crippen molar-refractivity contribution >= 4 is 54.8 Å². The first-order valence-corrected chi connectivity index (χ1v) is 7.50. The SMILES string of the molecule is Nc1ccc(Br)cc1C(=O)Nc1ccc2ncsc2c1. The highest BCUT2D eigenvalue weighted by atomic mass is 79.9. The number of carbonyl (C=O) groups is 1. The zero-order valence-electron chi connectivity index (χ0n) is 10.3. The lowest BCUT2D eigenvalue weighted by molar-refractivity contribution is 0.102. The van der Waals surface area contributed by atoms with E-state index in [1.54, 1.807) is 23.7 Å². The molecule has 0 bridgehead atoms. The molecule has 0 saturated carbocycles. The van der Waals surface area contributed by atoms with Crippen molar-refractivity contribution in [2.45, 2.75) is 0 Å². The Morgan fingerprint density at radius 2 is 2.10 bits per heavy atom. The van der Waals surface area contributed by atoms with E-state index in [1.165, 1.54) is 11.3 Å². The number of rotatable bonds is 2. The fourth-order valence-corrected chi connectivity index (χ4v) is 2.93. The molecule has 1 aromatic heterocycles. The van der Waals surface area contributed by atoms with Crippen molar-refractivity contribution in [3.05, 3.63) is 51.9 Å². The molecule has 0 spiro atoms. The van der Waals surface area contributed by atoms with Gasteiger partial charge in [-0.05, 0) is 36.4 Å². The van der Waals surface area contributed by atoms with Gasteiger partial charge >= 0.3 is 0 Å². The van der Waals surface area contributed by atoms with Crippen molar-refractivity contribution in [1.82, 2.24) is 4.98 Å². The Morgan fingerprint density at radius 1 is 1.25 bits per heavy atom. The molecule has 2 aromatic carbocycles. The predicted molar refractivity (Wildman–Crippen MR) is 86.1 cm³/mol. The largest absolute Gasteiger partial charge is 0.398 e. The van der Waals surface area contributed by atoms with Crippen LogP contribution in [0.5, 0.6) is 0 Å². The Balaban J connectivity index is 1.89. The van der Waals surface area contributed by atoms with Gasteiger partial charge in [-0.15, -0.1) is 11.3 Å². The van der Waals surface area contributed by atoms with E-state index < -0.39 is 0 Å². The summed E-state index contributed by atoms with van der Waals surface area (Å²) >= 11 is 4.87. The Labute approximate surface area is 127 Å². The Hall–Kier alpha value is -1.92. The van der Waals surface area contributed by atoms with Gasteiger partial charge in [0.05, 0.1) is 21.3 Å². The summed E-state index contributed by atoms with van der Waals surface area (Å²) in [5.74, 6) is -0.229. The Morgan fingerprint density at radius 3 is 2.95 bits per heavy atom. The third-order valence-electron chi connectivity index (χ3n) is 2.85. The number of nitrogen functional groups attached to an aromatic ring is 1. The van der Waals surface area contributed by atoms with Crippen LogP contribution in [-0.4, -0.2) is 10.9 Å². The van der Waals surface area contributed by atoms with Gasteiger partial charge in [-0.25, -0.2) is 4.98 Å². The highest BCUT2D eigenvalue weighted by Crippen LogP contribution is 2.24.